The Morgan fingerprint density at radius 2 is 2.24 bits per heavy atom. The molecule has 21 heavy (non-hydrogen) atoms. The van der Waals surface area contributed by atoms with Gasteiger partial charge in [-0.15, -0.1) is 11.3 Å². The number of aromatic nitrogens is 1. The van der Waals surface area contributed by atoms with E-state index in [0.717, 1.165) is 16.0 Å². The van der Waals surface area contributed by atoms with Crippen LogP contribution in [0.1, 0.15) is 33.2 Å². The summed E-state index contributed by atoms with van der Waals surface area (Å²) < 4.78 is 0. The summed E-state index contributed by atoms with van der Waals surface area (Å²) in [4.78, 5) is 27.6. The Morgan fingerprint density at radius 1 is 1.52 bits per heavy atom. The Balaban J connectivity index is 2.17. The molecule has 0 bridgehead atoms. The van der Waals surface area contributed by atoms with Gasteiger partial charge >= 0.3 is 0 Å². The molecule has 0 saturated heterocycles. The third-order valence-corrected chi connectivity index (χ3v) is 4.18. The van der Waals surface area contributed by atoms with E-state index in [9.17, 15) is 14.9 Å². The summed E-state index contributed by atoms with van der Waals surface area (Å²) >= 11 is 7.21. The molecule has 0 aliphatic heterocycles. The molecular formula is C13H12ClN3O3S. The van der Waals surface area contributed by atoms with Crippen molar-refractivity contribution < 1.29 is 9.72 Å². The monoisotopic (exact) mass is 325 g/mol. The second-order valence-electron chi connectivity index (χ2n) is 4.43. The molecule has 1 amide bonds. The first kappa shape index (κ1) is 15.4. The number of thiazole rings is 1. The summed E-state index contributed by atoms with van der Waals surface area (Å²) in [5, 5.41) is 14.4. The van der Waals surface area contributed by atoms with Crippen molar-refractivity contribution in [3.05, 3.63) is 55.0 Å². The Hall–Kier alpha value is -1.99. The van der Waals surface area contributed by atoms with E-state index in [4.69, 9.17) is 11.6 Å². The SMILES string of the molecule is Cc1cnc(C(C)NC(=O)c2ccc(Cl)c([N+](=O)[O-])c2)s1. The van der Waals surface area contributed by atoms with E-state index < -0.39 is 10.8 Å². The van der Waals surface area contributed by atoms with E-state index in [1.165, 1.54) is 23.5 Å². The number of benzene rings is 1. The second-order valence-corrected chi connectivity index (χ2v) is 6.10. The molecule has 2 aromatic rings. The van der Waals surface area contributed by atoms with Gasteiger partial charge in [-0.1, -0.05) is 11.6 Å². The fraction of sp³-hybridized carbons (Fsp3) is 0.231. The van der Waals surface area contributed by atoms with Crippen LogP contribution in [0.3, 0.4) is 0 Å². The first-order valence-electron chi connectivity index (χ1n) is 6.05. The summed E-state index contributed by atoms with van der Waals surface area (Å²) in [6.07, 6.45) is 1.73. The van der Waals surface area contributed by atoms with Gasteiger partial charge < -0.3 is 5.32 Å². The largest absolute Gasteiger partial charge is 0.343 e. The maximum Gasteiger partial charge on any atom is 0.288 e. The zero-order valence-corrected chi connectivity index (χ0v) is 12.9. The number of aryl methyl sites for hydroxylation is 1. The van der Waals surface area contributed by atoms with Crippen molar-refractivity contribution in [1.82, 2.24) is 10.3 Å². The molecule has 0 fully saturated rings. The maximum absolute atomic E-state index is 12.1. The van der Waals surface area contributed by atoms with Gasteiger partial charge in [-0.05, 0) is 26.0 Å². The maximum atomic E-state index is 12.1. The molecule has 8 heteroatoms. The first-order valence-corrected chi connectivity index (χ1v) is 7.25. The molecule has 1 atom stereocenters. The lowest BCUT2D eigenvalue weighted by Crippen LogP contribution is -2.26. The molecule has 1 heterocycles. The summed E-state index contributed by atoms with van der Waals surface area (Å²) in [6.45, 7) is 3.73. The number of amides is 1. The highest BCUT2D eigenvalue weighted by molar-refractivity contribution is 7.11. The number of nitrogens with zero attached hydrogens (tertiary/aromatic N) is 2. The second kappa shape index (κ2) is 6.19. The molecule has 1 aromatic carbocycles. The van der Waals surface area contributed by atoms with Gasteiger partial charge in [0.1, 0.15) is 10.0 Å². The average molecular weight is 326 g/mol. The van der Waals surface area contributed by atoms with Crippen LogP contribution in [0.25, 0.3) is 0 Å². The zero-order chi connectivity index (χ0) is 15.6. The lowest BCUT2D eigenvalue weighted by atomic mass is 10.2. The van der Waals surface area contributed by atoms with Gasteiger partial charge in [0.25, 0.3) is 11.6 Å². The third-order valence-electron chi connectivity index (χ3n) is 2.76. The van der Waals surface area contributed by atoms with Crippen LogP contribution >= 0.6 is 22.9 Å². The van der Waals surface area contributed by atoms with Crippen LogP contribution in [0.4, 0.5) is 5.69 Å². The van der Waals surface area contributed by atoms with Crippen molar-refractivity contribution in [3.63, 3.8) is 0 Å². The number of nitrogens with one attached hydrogen (secondary N) is 1. The lowest BCUT2D eigenvalue weighted by Gasteiger charge is -2.11. The van der Waals surface area contributed by atoms with Gasteiger partial charge in [0.2, 0.25) is 0 Å². The highest BCUT2D eigenvalue weighted by Crippen LogP contribution is 2.25. The van der Waals surface area contributed by atoms with Gasteiger partial charge in [0, 0.05) is 22.7 Å². The summed E-state index contributed by atoms with van der Waals surface area (Å²) in [5.41, 5.74) is -0.103. The van der Waals surface area contributed by atoms with Crippen LogP contribution < -0.4 is 5.32 Å². The molecule has 0 saturated carbocycles. The van der Waals surface area contributed by atoms with Gasteiger partial charge in [0.15, 0.2) is 0 Å². The number of carbonyl (C=O) groups is 1. The first-order chi connectivity index (χ1) is 9.88. The number of carbonyl (C=O) groups excluding carboxylic acids is 1. The smallest absolute Gasteiger partial charge is 0.288 e. The lowest BCUT2D eigenvalue weighted by molar-refractivity contribution is -0.384. The summed E-state index contributed by atoms with van der Waals surface area (Å²) in [5.74, 6) is -0.407. The number of rotatable bonds is 4. The Bertz CT molecular complexity index is 702. The van der Waals surface area contributed by atoms with Gasteiger partial charge in [-0.25, -0.2) is 4.98 Å². The normalized spacial score (nSPS) is 12.0. The number of nitro groups is 1. The number of hydrogen-bond donors (Lipinski definition) is 1. The molecule has 0 aliphatic carbocycles. The number of hydrogen-bond acceptors (Lipinski definition) is 5. The van der Waals surface area contributed by atoms with Crippen molar-refractivity contribution in [1.29, 1.82) is 0 Å². The molecule has 0 spiro atoms. The molecular weight excluding hydrogens is 314 g/mol. The van der Waals surface area contributed by atoms with Crippen molar-refractivity contribution in [3.8, 4) is 0 Å². The molecule has 2 rings (SSSR count). The minimum absolute atomic E-state index is 0.000136. The number of halogens is 1. The van der Waals surface area contributed by atoms with Crippen molar-refractivity contribution in [2.75, 3.05) is 0 Å². The Labute approximate surface area is 129 Å². The van der Waals surface area contributed by atoms with Gasteiger partial charge in [-0.2, -0.15) is 0 Å². The zero-order valence-electron chi connectivity index (χ0n) is 11.3. The van der Waals surface area contributed by atoms with Crippen LogP contribution in [0, 0.1) is 17.0 Å². The van der Waals surface area contributed by atoms with E-state index in [1.54, 1.807) is 13.1 Å². The van der Waals surface area contributed by atoms with E-state index >= 15 is 0 Å². The van der Waals surface area contributed by atoms with E-state index in [2.05, 4.69) is 10.3 Å². The highest BCUT2D eigenvalue weighted by Gasteiger charge is 2.18. The fourth-order valence-electron chi connectivity index (χ4n) is 1.71. The van der Waals surface area contributed by atoms with E-state index in [-0.39, 0.29) is 22.3 Å². The quantitative estimate of drug-likeness (QED) is 0.688. The van der Waals surface area contributed by atoms with Crippen LogP contribution in [0.2, 0.25) is 5.02 Å². The van der Waals surface area contributed by atoms with E-state index in [0.29, 0.717) is 0 Å². The predicted molar refractivity (Wildman–Crippen MR) is 80.8 cm³/mol. The third kappa shape index (κ3) is 3.56. The van der Waals surface area contributed by atoms with Crippen LogP contribution in [0.5, 0.6) is 0 Å². The molecule has 110 valence electrons. The molecule has 1 N–H and O–H groups in total. The van der Waals surface area contributed by atoms with Crippen molar-refractivity contribution in [2.24, 2.45) is 0 Å². The summed E-state index contributed by atoms with van der Waals surface area (Å²) in [7, 11) is 0. The predicted octanol–water partition coefficient (Wildman–Crippen LogP) is 3.50. The van der Waals surface area contributed by atoms with Crippen LogP contribution in [-0.4, -0.2) is 15.8 Å². The molecule has 6 nitrogen and oxygen atoms in total. The average Bonchev–Trinajstić information content (AvgIpc) is 2.85. The Kier molecular flexibility index (Phi) is 4.54. The van der Waals surface area contributed by atoms with Crippen molar-refractivity contribution >= 4 is 34.5 Å². The van der Waals surface area contributed by atoms with Crippen molar-refractivity contribution in [2.45, 2.75) is 19.9 Å². The van der Waals surface area contributed by atoms with Crippen LogP contribution in [-0.2, 0) is 0 Å². The van der Waals surface area contributed by atoms with Crippen LogP contribution in [0.15, 0.2) is 24.4 Å². The fourth-order valence-corrected chi connectivity index (χ4v) is 2.67. The van der Waals surface area contributed by atoms with Gasteiger partial charge in [-0.3, -0.25) is 14.9 Å². The molecule has 1 unspecified atom stereocenters. The molecule has 1 aromatic heterocycles. The standard InChI is InChI=1S/C13H12ClN3O3S/c1-7-6-15-13(21-7)8(2)16-12(18)9-3-4-10(14)11(5-9)17(19)20/h3-6,8H,1-2H3,(H,16,18). The molecule has 0 radical (unpaired) electrons. The molecule has 0 aliphatic rings. The van der Waals surface area contributed by atoms with E-state index in [1.807, 2.05) is 6.92 Å². The topological polar surface area (TPSA) is 85.1 Å². The highest BCUT2D eigenvalue weighted by atomic mass is 35.5. The minimum Gasteiger partial charge on any atom is -0.343 e. The minimum atomic E-state index is -0.618. The van der Waals surface area contributed by atoms with Gasteiger partial charge in [0.05, 0.1) is 11.0 Å². The summed E-state index contributed by atoms with van der Waals surface area (Å²) in [6, 6.07) is 3.68. The Morgan fingerprint density at radius 3 is 2.81 bits per heavy atom. The number of nitro benzene ring substituents is 1.